The van der Waals surface area contributed by atoms with Crippen LogP contribution in [0.4, 0.5) is 23.1 Å². The number of carbonyl (C=O) groups excluding carboxylic acids is 1. The number of rotatable bonds is 4. The molecule has 0 saturated heterocycles. The van der Waals surface area contributed by atoms with Crippen LogP contribution in [0.3, 0.4) is 0 Å². The van der Waals surface area contributed by atoms with Crippen molar-refractivity contribution in [3.05, 3.63) is 70.3 Å². The zero-order chi connectivity index (χ0) is 18.7. The SMILES string of the molecule is Nc1cc(-c2cccc(C(=O)Nc3ccc([N+](=O)[O-])cc3)c2)nc(N)n1. The van der Waals surface area contributed by atoms with Crippen molar-refractivity contribution in [2.45, 2.75) is 0 Å². The zero-order valence-corrected chi connectivity index (χ0v) is 13.4. The molecule has 0 fully saturated rings. The van der Waals surface area contributed by atoms with Gasteiger partial charge in [-0.05, 0) is 24.3 Å². The highest BCUT2D eigenvalue weighted by Gasteiger charge is 2.11. The highest BCUT2D eigenvalue weighted by molar-refractivity contribution is 6.05. The first kappa shape index (κ1) is 16.8. The predicted octanol–water partition coefficient (Wildman–Crippen LogP) is 2.47. The summed E-state index contributed by atoms with van der Waals surface area (Å²) in [4.78, 5) is 30.5. The molecule has 5 N–H and O–H groups in total. The van der Waals surface area contributed by atoms with Crippen molar-refractivity contribution >= 4 is 29.0 Å². The van der Waals surface area contributed by atoms with Crippen LogP contribution in [0.2, 0.25) is 0 Å². The topological polar surface area (TPSA) is 150 Å². The summed E-state index contributed by atoms with van der Waals surface area (Å²) in [6.45, 7) is 0. The molecule has 1 aromatic heterocycles. The van der Waals surface area contributed by atoms with Gasteiger partial charge >= 0.3 is 0 Å². The summed E-state index contributed by atoms with van der Waals surface area (Å²) in [6, 6.07) is 13.9. The van der Waals surface area contributed by atoms with Gasteiger partial charge in [-0.3, -0.25) is 14.9 Å². The first-order chi connectivity index (χ1) is 12.4. The average Bonchev–Trinajstić information content (AvgIpc) is 2.61. The Morgan fingerprint density at radius 1 is 1.04 bits per heavy atom. The van der Waals surface area contributed by atoms with Crippen molar-refractivity contribution in [3.8, 4) is 11.3 Å². The number of nitrogen functional groups attached to an aromatic ring is 2. The second-order valence-electron chi connectivity index (χ2n) is 5.38. The molecule has 0 aliphatic rings. The van der Waals surface area contributed by atoms with Crippen LogP contribution in [0.1, 0.15) is 10.4 Å². The molecule has 3 rings (SSSR count). The van der Waals surface area contributed by atoms with E-state index < -0.39 is 4.92 Å². The van der Waals surface area contributed by atoms with E-state index >= 15 is 0 Å². The van der Waals surface area contributed by atoms with Gasteiger partial charge in [-0.1, -0.05) is 12.1 Å². The van der Waals surface area contributed by atoms with Crippen LogP contribution in [-0.4, -0.2) is 20.8 Å². The molecule has 3 aromatic rings. The second-order valence-corrected chi connectivity index (χ2v) is 5.38. The molecule has 9 heteroatoms. The number of benzene rings is 2. The standard InChI is InChI=1S/C17H14N6O3/c18-15-9-14(21-17(19)22-15)10-2-1-3-11(8-10)16(24)20-12-4-6-13(7-5-12)23(25)26/h1-9H,(H,20,24)(H4,18,19,21,22). The zero-order valence-electron chi connectivity index (χ0n) is 13.4. The summed E-state index contributed by atoms with van der Waals surface area (Å²) in [5.41, 5.74) is 13.2. The largest absolute Gasteiger partial charge is 0.384 e. The number of nitrogens with one attached hydrogen (secondary N) is 1. The highest BCUT2D eigenvalue weighted by atomic mass is 16.6. The van der Waals surface area contributed by atoms with Crippen molar-refractivity contribution in [1.82, 2.24) is 9.97 Å². The van der Waals surface area contributed by atoms with Crippen LogP contribution in [-0.2, 0) is 0 Å². The van der Waals surface area contributed by atoms with Crippen LogP contribution in [0, 0.1) is 10.1 Å². The number of nitro groups is 1. The summed E-state index contributed by atoms with van der Waals surface area (Å²) in [5, 5.41) is 13.3. The van der Waals surface area contributed by atoms with Gasteiger partial charge in [-0.2, -0.15) is 4.98 Å². The van der Waals surface area contributed by atoms with Gasteiger partial charge in [0.1, 0.15) is 5.82 Å². The Bertz CT molecular complexity index is 968. The molecule has 130 valence electrons. The third kappa shape index (κ3) is 3.73. The molecular weight excluding hydrogens is 336 g/mol. The average molecular weight is 350 g/mol. The Morgan fingerprint density at radius 3 is 2.42 bits per heavy atom. The van der Waals surface area contributed by atoms with E-state index in [2.05, 4.69) is 15.3 Å². The predicted molar refractivity (Wildman–Crippen MR) is 97.3 cm³/mol. The number of aromatic nitrogens is 2. The highest BCUT2D eigenvalue weighted by Crippen LogP contribution is 2.22. The van der Waals surface area contributed by atoms with Gasteiger partial charge in [-0.25, -0.2) is 4.98 Å². The van der Waals surface area contributed by atoms with Gasteiger partial charge < -0.3 is 16.8 Å². The first-order valence-electron chi connectivity index (χ1n) is 7.48. The molecule has 0 radical (unpaired) electrons. The molecule has 0 aliphatic heterocycles. The maximum Gasteiger partial charge on any atom is 0.269 e. The number of nitrogens with zero attached hydrogens (tertiary/aromatic N) is 3. The Hall–Kier alpha value is -4.01. The molecule has 2 aromatic carbocycles. The number of amides is 1. The van der Waals surface area contributed by atoms with E-state index in [1.54, 1.807) is 30.3 Å². The van der Waals surface area contributed by atoms with E-state index in [1.165, 1.54) is 24.3 Å². The molecule has 0 bridgehead atoms. The fourth-order valence-electron chi connectivity index (χ4n) is 2.32. The quantitative estimate of drug-likeness (QED) is 0.483. The van der Waals surface area contributed by atoms with Crippen LogP contribution in [0.15, 0.2) is 54.6 Å². The van der Waals surface area contributed by atoms with E-state index in [1.807, 2.05) is 0 Å². The van der Waals surface area contributed by atoms with Gasteiger partial charge in [-0.15, -0.1) is 0 Å². The number of non-ortho nitro benzene ring substituents is 1. The lowest BCUT2D eigenvalue weighted by atomic mass is 10.1. The number of hydrogen-bond acceptors (Lipinski definition) is 7. The first-order valence-corrected chi connectivity index (χ1v) is 7.48. The van der Waals surface area contributed by atoms with E-state index in [0.717, 1.165) is 0 Å². The lowest BCUT2D eigenvalue weighted by Gasteiger charge is -2.08. The number of hydrogen-bond donors (Lipinski definition) is 3. The Kier molecular flexibility index (Phi) is 4.44. The molecule has 9 nitrogen and oxygen atoms in total. The van der Waals surface area contributed by atoms with Gasteiger partial charge in [0.2, 0.25) is 5.95 Å². The number of nitrogens with two attached hydrogens (primary N) is 2. The lowest BCUT2D eigenvalue weighted by molar-refractivity contribution is -0.384. The maximum absolute atomic E-state index is 12.4. The maximum atomic E-state index is 12.4. The number of anilines is 3. The van der Waals surface area contributed by atoms with Crippen LogP contribution < -0.4 is 16.8 Å². The van der Waals surface area contributed by atoms with E-state index in [0.29, 0.717) is 22.5 Å². The van der Waals surface area contributed by atoms with Gasteiger partial charge in [0.15, 0.2) is 0 Å². The molecule has 0 aliphatic carbocycles. The molecule has 26 heavy (non-hydrogen) atoms. The minimum Gasteiger partial charge on any atom is -0.384 e. The molecule has 0 saturated carbocycles. The summed E-state index contributed by atoms with van der Waals surface area (Å²) < 4.78 is 0. The third-order valence-electron chi connectivity index (χ3n) is 3.52. The summed E-state index contributed by atoms with van der Waals surface area (Å²) in [7, 11) is 0. The van der Waals surface area contributed by atoms with Crippen molar-refractivity contribution in [3.63, 3.8) is 0 Å². The van der Waals surface area contributed by atoms with Crippen molar-refractivity contribution < 1.29 is 9.72 Å². The Labute approximate surface area is 147 Å². The lowest BCUT2D eigenvalue weighted by Crippen LogP contribution is -2.12. The molecule has 0 unspecified atom stereocenters. The van der Waals surface area contributed by atoms with Gasteiger partial charge in [0.25, 0.3) is 11.6 Å². The van der Waals surface area contributed by atoms with Crippen molar-refractivity contribution in [1.29, 1.82) is 0 Å². The van der Waals surface area contributed by atoms with Crippen LogP contribution in [0.5, 0.6) is 0 Å². The minimum absolute atomic E-state index is 0.0423. The fourth-order valence-corrected chi connectivity index (χ4v) is 2.32. The van der Waals surface area contributed by atoms with Crippen molar-refractivity contribution in [2.75, 3.05) is 16.8 Å². The number of nitro benzene ring substituents is 1. The smallest absolute Gasteiger partial charge is 0.269 e. The second kappa shape index (κ2) is 6.85. The third-order valence-corrected chi connectivity index (χ3v) is 3.52. The molecule has 1 amide bonds. The van der Waals surface area contributed by atoms with Gasteiger partial charge in [0, 0.05) is 35.0 Å². The van der Waals surface area contributed by atoms with E-state index in [9.17, 15) is 14.9 Å². The van der Waals surface area contributed by atoms with Crippen LogP contribution in [0.25, 0.3) is 11.3 Å². The molecule has 1 heterocycles. The monoisotopic (exact) mass is 350 g/mol. The van der Waals surface area contributed by atoms with E-state index in [-0.39, 0.29) is 23.4 Å². The number of carbonyl (C=O) groups is 1. The molecule has 0 spiro atoms. The van der Waals surface area contributed by atoms with Crippen molar-refractivity contribution in [2.24, 2.45) is 0 Å². The van der Waals surface area contributed by atoms with E-state index in [4.69, 9.17) is 11.5 Å². The van der Waals surface area contributed by atoms with Crippen LogP contribution >= 0.6 is 0 Å². The summed E-state index contributed by atoms with van der Waals surface area (Å²) in [5.74, 6) is -0.0929. The Morgan fingerprint density at radius 2 is 1.77 bits per heavy atom. The normalized spacial score (nSPS) is 10.3. The molecule has 0 atom stereocenters. The minimum atomic E-state index is -0.506. The summed E-state index contributed by atoms with van der Waals surface area (Å²) >= 11 is 0. The molecular formula is C17H14N6O3. The fraction of sp³-hybridized carbons (Fsp3) is 0. The Balaban J connectivity index is 1.83. The summed E-state index contributed by atoms with van der Waals surface area (Å²) in [6.07, 6.45) is 0. The van der Waals surface area contributed by atoms with Gasteiger partial charge in [0.05, 0.1) is 10.6 Å².